The number of hydroxylamine groups is 2. The molecule has 0 saturated carbocycles. The largest absolute Gasteiger partial charge is 0.383 e. The highest BCUT2D eigenvalue weighted by molar-refractivity contribution is 7.87. The molecule has 34 heteroatoms. The third kappa shape index (κ3) is 17.4. The van der Waals surface area contributed by atoms with Gasteiger partial charge in [0.15, 0.2) is 12.3 Å². The third-order valence-corrected chi connectivity index (χ3v) is 19.1. The van der Waals surface area contributed by atoms with Crippen LogP contribution in [0.2, 0.25) is 0 Å². The van der Waals surface area contributed by atoms with Crippen molar-refractivity contribution in [1.82, 2.24) is 5.06 Å². The lowest BCUT2D eigenvalue weighted by Gasteiger charge is -2.31. The molecule has 29 nitrogen and oxygen atoms in total. The number of fused-ring (bicyclic) bond motifs is 6. The number of methoxy groups -OCH3 is 1. The van der Waals surface area contributed by atoms with E-state index >= 15 is 0 Å². The molecular weight excluding hydrogens is 1280 g/mol. The first-order valence-electron chi connectivity index (χ1n) is 27.6. The Labute approximate surface area is 514 Å². The van der Waals surface area contributed by atoms with E-state index in [2.05, 4.69) is 0 Å². The van der Waals surface area contributed by atoms with Gasteiger partial charge in [0.05, 0.1) is 107 Å². The van der Waals surface area contributed by atoms with E-state index in [0.29, 0.717) is 45.5 Å². The van der Waals surface area contributed by atoms with Gasteiger partial charge in [0.1, 0.15) is 16.4 Å². The second-order valence-corrected chi connectivity index (χ2v) is 28.5. The summed E-state index contributed by atoms with van der Waals surface area (Å²) in [4.78, 5) is 38.2. The van der Waals surface area contributed by atoms with Crippen molar-refractivity contribution in [2.24, 2.45) is 0 Å². The number of allylic oxidation sites excluding steroid dienone is 4. The van der Waals surface area contributed by atoms with Gasteiger partial charge in [0.25, 0.3) is 62.4 Å². The van der Waals surface area contributed by atoms with Crippen molar-refractivity contribution in [3.63, 3.8) is 0 Å². The number of rotatable bonds is 35. The van der Waals surface area contributed by atoms with Crippen molar-refractivity contribution in [2.75, 3.05) is 117 Å². The first-order valence-corrected chi connectivity index (χ1v) is 35.0. The molecule has 1 fully saturated rings. The highest BCUT2D eigenvalue weighted by Gasteiger charge is 2.48. The van der Waals surface area contributed by atoms with Crippen molar-refractivity contribution in [3.05, 3.63) is 83.6 Å². The molecule has 0 aromatic heterocycles. The van der Waals surface area contributed by atoms with Crippen molar-refractivity contribution in [1.29, 1.82) is 0 Å². The molecule has 0 aliphatic carbocycles. The molecule has 3 aliphatic rings. The Kier molecular flexibility index (Phi) is 23.2. The second-order valence-electron chi connectivity index (χ2n) is 21.3. The van der Waals surface area contributed by atoms with Crippen LogP contribution in [-0.2, 0) is 114 Å². The normalized spacial score (nSPS) is 17.8. The fourth-order valence-electron chi connectivity index (χ4n) is 10.9. The molecule has 0 bridgehead atoms. The lowest BCUT2D eigenvalue weighted by molar-refractivity contribution is -0.442. The summed E-state index contributed by atoms with van der Waals surface area (Å²) in [6, 6.07) is 9.23. The quantitative estimate of drug-likeness (QED) is 0.0188. The van der Waals surface area contributed by atoms with Gasteiger partial charge in [-0.1, -0.05) is 12.1 Å². The predicted molar refractivity (Wildman–Crippen MR) is 316 cm³/mol. The summed E-state index contributed by atoms with van der Waals surface area (Å²) in [5.41, 5.74) is -0.102. The van der Waals surface area contributed by atoms with Gasteiger partial charge in [0, 0.05) is 71.8 Å². The number of benzene rings is 4. The summed E-state index contributed by atoms with van der Waals surface area (Å²) in [5, 5.41) is 0.285. The second kappa shape index (κ2) is 29.2. The number of ether oxygens (including phenoxy) is 7. The van der Waals surface area contributed by atoms with Crippen LogP contribution >= 0.6 is 0 Å². The van der Waals surface area contributed by atoms with Crippen LogP contribution in [0.15, 0.2) is 92.0 Å². The van der Waals surface area contributed by atoms with E-state index in [1.165, 1.54) is 25.3 Å². The summed E-state index contributed by atoms with van der Waals surface area (Å²) in [7, 11) is -23.5. The maximum atomic E-state index is 12.8. The minimum atomic E-state index is -5.15. The molecule has 1 saturated heterocycles. The zero-order valence-electron chi connectivity index (χ0n) is 48.9. The van der Waals surface area contributed by atoms with Gasteiger partial charge in [0.2, 0.25) is 5.69 Å². The van der Waals surface area contributed by atoms with E-state index in [1.807, 2.05) is 4.58 Å². The van der Waals surface area contributed by atoms with Crippen LogP contribution in [0.3, 0.4) is 0 Å². The Morgan fingerprint density at radius 1 is 0.596 bits per heavy atom. The van der Waals surface area contributed by atoms with Crippen LogP contribution in [0.4, 0.5) is 11.4 Å². The van der Waals surface area contributed by atoms with Gasteiger partial charge in [-0.3, -0.25) is 32.4 Å². The van der Waals surface area contributed by atoms with E-state index < -0.39 is 105 Å². The Morgan fingerprint density at radius 3 is 1.54 bits per heavy atom. The molecule has 3 aliphatic heterocycles. The molecule has 0 radical (unpaired) electrons. The lowest BCUT2D eigenvalue weighted by atomic mass is 9.75. The summed E-state index contributed by atoms with van der Waals surface area (Å²) in [6.45, 7) is 7.84. The molecule has 1 unspecified atom stereocenters. The Balaban J connectivity index is 1.06. The van der Waals surface area contributed by atoms with Crippen LogP contribution in [0, 0.1) is 0 Å². The summed E-state index contributed by atoms with van der Waals surface area (Å²) in [6.07, 6.45) is 4.59. The van der Waals surface area contributed by atoms with E-state index in [1.54, 1.807) is 50.0 Å². The average molecular weight is 1350 g/mol. The van der Waals surface area contributed by atoms with Crippen molar-refractivity contribution in [3.8, 4) is 0 Å². The number of nitrogens with zero attached hydrogens (tertiary/aromatic N) is 3. The maximum absolute atomic E-state index is 12.8. The van der Waals surface area contributed by atoms with Crippen LogP contribution in [0.5, 0.6) is 0 Å². The first-order chi connectivity index (χ1) is 41.7. The molecular formula is C55H70N3O26S5+. The zero-order chi connectivity index (χ0) is 65.3. The van der Waals surface area contributed by atoms with Gasteiger partial charge < -0.3 is 42.9 Å². The van der Waals surface area contributed by atoms with Gasteiger partial charge in [-0.25, -0.2) is 4.79 Å². The third-order valence-electron chi connectivity index (χ3n) is 14.9. The average Bonchev–Trinajstić information content (AvgIpc) is 1.62. The number of hydrogen-bond acceptors (Lipinski definition) is 22. The number of carbonyl (C=O) groups is 3. The SMILES string of the molecule is COCCN1/C(=C/C=C/C2=[N+](CCOCCOCCOCCOCCOCCOCCC(=O)ON3C(=O)CCC3=O)c3ccc4c(S(=O)(=O)O)cc(S(=O)(=O)O)cc4c3C2(C)C)C(C)(CCCS(=O)(=O)O)c2c1ccc1c(S(=O)(=O)O)cc(S(=O)(=O)O)cc21. The van der Waals surface area contributed by atoms with Gasteiger partial charge >= 0.3 is 5.97 Å². The number of hydrogen-bond donors (Lipinski definition) is 5. The Morgan fingerprint density at radius 2 is 1.07 bits per heavy atom. The molecule has 2 amide bonds. The summed E-state index contributed by atoms with van der Waals surface area (Å²) < 4.78 is 218. The number of carbonyl (C=O) groups excluding carboxylic acids is 3. The van der Waals surface area contributed by atoms with Crippen LogP contribution in [-0.4, -0.2) is 210 Å². The standard InChI is InChI=1S/C55H69N3O26S5/c1-54(2)47(7-5-8-48-55(3,16-6-32-85(62,63)64)53-42-34-38(87(68,69)70)36-46(89(74,75)76)40(42)10-12-44(53)57(48)17-20-77-4)56(43-11-9-39-41(52(43)54)33-37(86(65,66)67)35-45(39)88(71,72)73)18-21-79-23-25-81-27-29-83-31-30-82-28-26-80-24-22-78-19-15-51(61)84-58-49(59)13-14-50(58)60/h5,7-12,33-36H,6,13-32H2,1-4H3,(H4-,62,63,64,65,66,67,68,69,70,71,72,73,74,75,76)/p+1. The van der Waals surface area contributed by atoms with Crippen molar-refractivity contribution < 1.29 is 122 Å². The molecule has 5 N–H and O–H groups in total. The summed E-state index contributed by atoms with van der Waals surface area (Å²) in [5.74, 6) is -2.61. The fraction of sp³-hybridized carbons (Fsp3) is 0.491. The van der Waals surface area contributed by atoms with Gasteiger partial charge in [-0.2, -0.15) is 46.7 Å². The molecule has 89 heavy (non-hydrogen) atoms. The molecule has 4 aromatic carbocycles. The molecule has 1 atom stereocenters. The molecule has 0 spiro atoms. The maximum Gasteiger partial charge on any atom is 0.335 e. The van der Waals surface area contributed by atoms with E-state index in [9.17, 15) is 79.2 Å². The van der Waals surface area contributed by atoms with Gasteiger partial charge in [-0.15, -0.1) is 5.06 Å². The molecule has 490 valence electrons. The monoisotopic (exact) mass is 1350 g/mol. The van der Waals surface area contributed by atoms with Crippen LogP contribution < -0.4 is 4.90 Å². The summed E-state index contributed by atoms with van der Waals surface area (Å²) >= 11 is 0. The predicted octanol–water partition coefficient (Wildman–Crippen LogP) is 3.99. The Hall–Kier alpha value is -5.77. The lowest BCUT2D eigenvalue weighted by Crippen LogP contribution is -2.32. The highest BCUT2D eigenvalue weighted by Crippen LogP contribution is 2.54. The minimum absolute atomic E-state index is 0.0000278. The number of anilines is 1. The van der Waals surface area contributed by atoms with Crippen LogP contribution in [0.1, 0.15) is 64.0 Å². The van der Waals surface area contributed by atoms with Gasteiger partial charge in [-0.05, 0) is 92.4 Å². The number of amides is 2. The molecule has 3 heterocycles. The molecule has 7 rings (SSSR count). The van der Waals surface area contributed by atoms with Crippen molar-refractivity contribution >= 4 is 107 Å². The zero-order valence-corrected chi connectivity index (χ0v) is 53.0. The smallest absolute Gasteiger partial charge is 0.335 e. The van der Waals surface area contributed by atoms with Crippen molar-refractivity contribution in [2.45, 2.75) is 83.3 Å². The highest BCUT2D eigenvalue weighted by atomic mass is 32.2. The van der Waals surface area contributed by atoms with Crippen LogP contribution in [0.25, 0.3) is 21.5 Å². The molecule has 4 aromatic rings. The minimum Gasteiger partial charge on any atom is -0.383 e. The number of imide groups is 1. The Bertz CT molecular complexity index is 4020. The van der Waals surface area contributed by atoms with E-state index in [0.717, 1.165) is 12.1 Å². The van der Waals surface area contributed by atoms with E-state index in [-0.39, 0.29) is 158 Å². The fourth-order valence-corrected chi connectivity index (χ4v) is 14.1. The van der Waals surface area contributed by atoms with E-state index in [4.69, 9.17) is 38.0 Å². The topological polar surface area (TPSA) is 406 Å². The first kappa shape index (κ1) is 70.7.